The van der Waals surface area contributed by atoms with Gasteiger partial charge in [-0.25, -0.2) is 0 Å². The Morgan fingerprint density at radius 2 is 2.36 bits per heavy atom. The molecule has 3 N–H and O–H groups in total. The van der Waals surface area contributed by atoms with E-state index in [0.717, 1.165) is 10.1 Å². The maximum atomic E-state index is 9.86. The molecule has 4 heteroatoms. The summed E-state index contributed by atoms with van der Waals surface area (Å²) in [7, 11) is 0. The van der Waals surface area contributed by atoms with Gasteiger partial charge in [-0.1, -0.05) is 0 Å². The predicted molar refractivity (Wildman–Crippen MR) is 59.1 cm³/mol. The van der Waals surface area contributed by atoms with Crippen LogP contribution in [0.5, 0.6) is 11.5 Å². The number of phenols is 1. The van der Waals surface area contributed by atoms with E-state index >= 15 is 0 Å². The number of phenolic OH excluding ortho intramolecular Hbond substituents is 1. The van der Waals surface area contributed by atoms with E-state index in [1.165, 1.54) is 11.3 Å². The van der Waals surface area contributed by atoms with Gasteiger partial charge in [0, 0.05) is 0 Å². The van der Waals surface area contributed by atoms with Crippen LogP contribution in [0.3, 0.4) is 0 Å². The van der Waals surface area contributed by atoms with Crippen molar-refractivity contribution in [2.45, 2.75) is 6.92 Å². The zero-order valence-electron chi connectivity index (χ0n) is 7.78. The van der Waals surface area contributed by atoms with E-state index in [9.17, 15) is 5.11 Å². The van der Waals surface area contributed by atoms with Crippen molar-refractivity contribution in [1.82, 2.24) is 0 Å². The predicted octanol–water partition coefficient (Wildman–Crippen LogP) is 2.59. The van der Waals surface area contributed by atoms with E-state index in [2.05, 4.69) is 0 Å². The van der Waals surface area contributed by atoms with Gasteiger partial charge >= 0.3 is 0 Å². The van der Waals surface area contributed by atoms with Gasteiger partial charge in [-0.15, -0.1) is 11.3 Å². The molecule has 0 saturated carbocycles. The summed E-state index contributed by atoms with van der Waals surface area (Å²) in [6, 6.07) is 3.74. The third kappa shape index (κ3) is 1.28. The van der Waals surface area contributed by atoms with E-state index < -0.39 is 0 Å². The first-order valence-corrected chi connectivity index (χ1v) is 5.23. The SMILES string of the molecule is CCOc1c(N)cc2ccsc2c1O. The van der Waals surface area contributed by atoms with Gasteiger partial charge in [0.1, 0.15) is 0 Å². The third-order valence-corrected chi connectivity index (χ3v) is 2.92. The summed E-state index contributed by atoms with van der Waals surface area (Å²) in [5.74, 6) is 0.541. The molecule has 1 aromatic carbocycles. The fraction of sp³-hybridized carbons (Fsp3) is 0.200. The fourth-order valence-corrected chi connectivity index (χ4v) is 2.21. The fourth-order valence-electron chi connectivity index (χ4n) is 1.39. The van der Waals surface area contributed by atoms with Crippen molar-refractivity contribution < 1.29 is 9.84 Å². The normalized spacial score (nSPS) is 10.6. The van der Waals surface area contributed by atoms with Gasteiger partial charge in [0.2, 0.25) is 0 Å². The minimum absolute atomic E-state index is 0.150. The molecule has 0 aliphatic carbocycles. The van der Waals surface area contributed by atoms with E-state index in [0.29, 0.717) is 18.0 Å². The number of anilines is 1. The monoisotopic (exact) mass is 209 g/mol. The Bertz CT molecular complexity index is 464. The van der Waals surface area contributed by atoms with Gasteiger partial charge in [0.05, 0.1) is 17.0 Å². The highest BCUT2D eigenvalue weighted by Gasteiger charge is 2.12. The number of fused-ring (bicyclic) bond motifs is 1. The summed E-state index contributed by atoms with van der Waals surface area (Å²) < 4.78 is 6.10. The van der Waals surface area contributed by atoms with Gasteiger partial charge in [-0.3, -0.25) is 0 Å². The zero-order valence-corrected chi connectivity index (χ0v) is 8.60. The van der Waals surface area contributed by atoms with Crippen molar-refractivity contribution in [2.75, 3.05) is 12.3 Å². The number of nitrogens with two attached hydrogens (primary N) is 1. The van der Waals surface area contributed by atoms with E-state index in [4.69, 9.17) is 10.5 Å². The Kier molecular flexibility index (Phi) is 2.21. The van der Waals surface area contributed by atoms with Gasteiger partial charge in [-0.05, 0) is 29.8 Å². The second-order valence-electron chi connectivity index (χ2n) is 2.92. The number of rotatable bonds is 2. The molecule has 0 bridgehead atoms. The van der Waals surface area contributed by atoms with Crippen LogP contribution in [0.4, 0.5) is 5.69 Å². The van der Waals surface area contributed by atoms with Crippen LogP contribution in [-0.4, -0.2) is 11.7 Å². The van der Waals surface area contributed by atoms with Crippen molar-refractivity contribution in [1.29, 1.82) is 0 Å². The van der Waals surface area contributed by atoms with E-state index in [-0.39, 0.29) is 5.75 Å². The summed E-state index contributed by atoms with van der Waals surface area (Å²) >= 11 is 1.48. The third-order valence-electron chi connectivity index (χ3n) is 1.99. The van der Waals surface area contributed by atoms with Gasteiger partial charge in [0.15, 0.2) is 11.5 Å². The summed E-state index contributed by atoms with van der Waals surface area (Å²) in [4.78, 5) is 0. The van der Waals surface area contributed by atoms with Crippen molar-refractivity contribution in [3.63, 3.8) is 0 Å². The largest absolute Gasteiger partial charge is 0.503 e. The lowest BCUT2D eigenvalue weighted by Gasteiger charge is -2.09. The van der Waals surface area contributed by atoms with Crippen molar-refractivity contribution in [2.24, 2.45) is 0 Å². The Labute approximate surface area is 85.7 Å². The second-order valence-corrected chi connectivity index (χ2v) is 3.83. The minimum Gasteiger partial charge on any atom is -0.503 e. The topological polar surface area (TPSA) is 55.5 Å². The molecule has 1 aromatic heterocycles. The van der Waals surface area contributed by atoms with Crippen LogP contribution < -0.4 is 10.5 Å². The van der Waals surface area contributed by atoms with Crippen LogP contribution in [0.25, 0.3) is 10.1 Å². The maximum absolute atomic E-state index is 9.86. The van der Waals surface area contributed by atoms with E-state index in [1.807, 2.05) is 24.4 Å². The average Bonchev–Trinajstić information content (AvgIpc) is 2.60. The molecule has 0 amide bonds. The first-order valence-electron chi connectivity index (χ1n) is 4.35. The molecule has 0 radical (unpaired) electrons. The molecule has 1 heterocycles. The summed E-state index contributed by atoms with van der Waals surface area (Å²) in [5.41, 5.74) is 6.23. The number of aromatic hydroxyl groups is 1. The van der Waals surface area contributed by atoms with Crippen molar-refractivity contribution in [3.8, 4) is 11.5 Å². The number of nitrogen functional groups attached to an aromatic ring is 1. The molecule has 2 aromatic rings. The van der Waals surface area contributed by atoms with Crippen molar-refractivity contribution >= 4 is 27.1 Å². The highest BCUT2D eigenvalue weighted by Crippen LogP contribution is 2.42. The molecule has 0 unspecified atom stereocenters. The number of ether oxygens (including phenoxy) is 1. The molecular formula is C10H11NO2S. The standard InChI is InChI=1S/C10H11NO2S/c1-2-13-9-7(11)5-6-3-4-14-10(6)8(9)12/h3-5,12H,2,11H2,1H3. The highest BCUT2D eigenvalue weighted by molar-refractivity contribution is 7.17. The van der Waals surface area contributed by atoms with Crippen LogP contribution in [0.15, 0.2) is 17.5 Å². The number of benzene rings is 1. The smallest absolute Gasteiger partial charge is 0.185 e. The molecule has 0 aliphatic heterocycles. The molecular weight excluding hydrogens is 198 g/mol. The molecule has 14 heavy (non-hydrogen) atoms. The summed E-state index contributed by atoms with van der Waals surface area (Å²) in [5, 5.41) is 12.7. The van der Waals surface area contributed by atoms with Gasteiger partial charge in [-0.2, -0.15) is 0 Å². The molecule has 0 spiro atoms. The first-order chi connectivity index (χ1) is 6.74. The van der Waals surface area contributed by atoms with Crippen LogP contribution in [0.1, 0.15) is 6.92 Å². The molecule has 2 rings (SSSR count). The number of thiophene rings is 1. The molecule has 74 valence electrons. The van der Waals surface area contributed by atoms with Crippen LogP contribution in [0, 0.1) is 0 Å². The Balaban J connectivity index is 2.69. The van der Waals surface area contributed by atoms with Crippen LogP contribution >= 0.6 is 11.3 Å². The van der Waals surface area contributed by atoms with Crippen LogP contribution in [-0.2, 0) is 0 Å². The highest BCUT2D eigenvalue weighted by atomic mass is 32.1. The number of hydrogen-bond donors (Lipinski definition) is 2. The maximum Gasteiger partial charge on any atom is 0.185 e. The Morgan fingerprint density at radius 1 is 1.57 bits per heavy atom. The quantitative estimate of drug-likeness (QED) is 0.747. The van der Waals surface area contributed by atoms with E-state index in [1.54, 1.807) is 0 Å². The molecule has 0 aliphatic rings. The zero-order chi connectivity index (χ0) is 10.1. The summed E-state index contributed by atoms with van der Waals surface area (Å²) in [6.45, 7) is 2.35. The lowest BCUT2D eigenvalue weighted by molar-refractivity contribution is 0.322. The number of hydrogen-bond acceptors (Lipinski definition) is 4. The van der Waals surface area contributed by atoms with Gasteiger partial charge in [0.25, 0.3) is 0 Å². The molecule has 0 saturated heterocycles. The van der Waals surface area contributed by atoms with Gasteiger partial charge < -0.3 is 15.6 Å². The second kappa shape index (κ2) is 3.38. The lowest BCUT2D eigenvalue weighted by atomic mass is 10.2. The Hall–Kier alpha value is -1.42. The average molecular weight is 209 g/mol. The van der Waals surface area contributed by atoms with Crippen molar-refractivity contribution in [3.05, 3.63) is 17.5 Å². The Morgan fingerprint density at radius 3 is 3.07 bits per heavy atom. The molecule has 3 nitrogen and oxygen atoms in total. The minimum atomic E-state index is 0.150. The molecule has 0 fully saturated rings. The molecule has 0 atom stereocenters. The van der Waals surface area contributed by atoms with Crippen LogP contribution in [0.2, 0.25) is 0 Å². The lowest BCUT2D eigenvalue weighted by Crippen LogP contribution is -1.96. The summed E-state index contributed by atoms with van der Waals surface area (Å²) in [6.07, 6.45) is 0. The first kappa shape index (κ1) is 9.15.